The van der Waals surface area contributed by atoms with Crippen LogP contribution >= 0.6 is 23.2 Å². The van der Waals surface area contributed by atoms with Crippen LogP contribution < -0.4 is 10.6 Å². The fourth-order valence-electron chi connectivity index (χ4n) is 6.10. The summed E-state index contributed by atoms with van der Waals surface area (Å²) in [5.41, 5.74) is 9.02. The quantitative estimate of drug-likeness (QED) is 0.305. The Morgan fingerprint density at radius 1 is 0.854 bits per heavy atom. The van der Waals surface area contributed by atoms with E-state index in [9.17, 15) is 4.79 Å². The molecule has 0 bridgehead atoms. The number of para-hydroxylation sites is 1. The maximum Gasteiger partial charge on any atom is 0.222 e. The summed E-state index contributed by atoms with van der Waals surface area (Å²) in [6, 6.07) is 24.5. The summed E-state index contributed by atoms with van der Waals surface area (Å²) in [6.07, 6.45) is 1.75. The number of primary amides is 1. The van der Waals surface area contributed by atoms with E-state index in [1.165, 1.54) is 11.1 Å². The van der Waals surface area contributed by atoms with Gasteiger partial charge in [-0.1, -0.05) is 59.6 Å². The molecule has 4 aromatic rings. The van der Waals surface area contributed by atoms with Crippen molar-refractivity contribution in [3.8, 4) is 0 Å². The van der Waals surface area contributed by atoms with Gasteiger partial charge < -0.3 is 10.6 Å². The SMILES string of the molecule is NC(=O)C1CCCN(c2nc(CN3CCN(C(c4ccc(Cl)cc4)c4ccc(Cl)cc4)CC3)nc3ccccc23)C1. The first-order valence-electron chi connectivity index (χ1n) is 14.2. The Balaban J connectivity index is 1.20. The Kier molecular flexibility index (Phi) is 8.40. The summed E-state index contributed by atoms with van der Waals surface area (Å²) in [5, 5.41) is 2.48. The van der Waals surface area contributed by atoms with Crippen molar-refractivity contribution in [3.05, 3.63) is 99.8 Å². The van der Waals surface area contributed by atoms with Gasteiger partial charge in [0.25, 0.3) is 0 Å². The molecule has 2 fully saturated rings. The van der Waals surface area contributed by atoms with Gasteiger partial charge in [0.1, 0.15) is 11.6 Å². The van der Waals surface area contributed by atoms with Crippen molar-refractivity contribution in [2.24, 2.45) is 11.7 Å². The van der Waals surface area contributed by atoms with Crippen molar-refractivity contribution in [1.82, 2.24) is 19.8 Å². The summed E-state index contributed by atoms with van der Waals surface area (Å²) < 4.78 is 0. The third-order valence-electron chi connectivity index (χ3n) is 8.26. The number of anilines is 1. The van der Waals surface area contributed by atoms with E-state index in [0.717, 1.165) is 78.2 Å². The Hall–Kier alpha value is -3.23. The number of carbonyl (C=O) groups excluding carboxylic acids is 1. The van der Waals surface area contributed by atoms with Gasteiger partial charge in [0.15, 0.2) is 0 Å². The lowest BCUT2D eigenvalue weighted by Crippen LogP contribution is -2.47. The number of amides is 1. The molecule has 1 amide bonds. The van der Waals surface area contributed by atoms with Crippen LogP contribution in [-0.2, 0) is 11.3 Å². The van der Waals surface area contributed by atoms with E-state index in [4.69, 9.17) is 38.9 Å². The zero-order valence-electron chi connectivity index (χ0n) is 22.9. The van der Waals surface area contributed by atoms with Gasteiger partial charge in [0.2, 0.25) is 5.91 Å². The highest BCUT2D eigenvalue weighted by atomic mass is 35.5. The average molecular weight is 590 g/mol. The van der Waals surface area contributed by atoms with Crippen LogP contribution in [0, 0.1) is 5.92 Å². The molecule has 0 aliphatic carbocycles. The number of nitrogens with two attached hydrogens (primary N) is 1. The number of fused-ring (bicyclic) bond motifs is 1. The molecule has 2 saturated heterocycles. The van der Waals surface area contributed by atoms with Crippen LogP contribution in [0.4, 0.5) is 5.82 Å². The zero-order valence-corrected chi connectivity index (χ0v) is 24.4. The lowest BCUT2D eigenvalue weighted by Gasteiger charge is -2.39. The molecule has 0 spiro atoms. The summed E-state index contributed by atoms with van der Waals surface area (Å²) >= 11 is 12.4. The first-order chi connectivity index (χ1) is 19.9. The molecule has 41 heavy (non-hydrogen) atoms. The topological polar surface area (TPSA) is 78.6 Å². The van der Waals surface area contributed by atoms with E-state index < -0.39 is 0 Å². The van der Waals surface area contributed by atoms with Crippen molar-refractivity contribution in [2.75, 3.05) is 44.2 Å². The second-order valence-electron chi connectivity index (χ2n) is 11.0. The van der Waals surface area contributed by atoms with Crippen LogP contribution in [0.2, 0.25) is 10.0 Å². The monoisotopic (exact) mass is 588 g/mol. The number of aromatic nitrogens is 2. The lowest BCUT2D eigenvalue weighted by atomic mass is 9.96. The number of hydrogen-bond donors (Lipinski definition) is 1. The molecule has 3 aromatic carbocycles. The number of hydrogen-bond acceptors (Lipinski definition) is 6. The van der Waals surface area contributed by atoms with Crippen molar-refractivity contribution in [3.63, 3.8) is 0 Å². The van der Waals surface area contributed by atoms with E-state index in [1.54, 1.807) is 0 Å². The first-order valence-corrected chi connectivity index (χ1v) is 15.0. The summed E-state index contributed by atoms with van der Waals surface area (Å²) in [5.74, 6) is 1.32. The van der Waals surface area contributed by atoms with Gasteiger partial charge >= 0.3 is 0 Å². The molecule has 0 saturated carbocycles. The maximum absolute atomic E-state index is 12.0. The molecule has 2 aliphatic heterocycles. The second kappa shape index (κ2) is 12.3. The molecular formula is C32H34Cl2N6O. The first kappa shape index (κ1) is 27.9. The Morgan fingerprint density at radius 2 is 1.49 bits per heavy atom. The highest BCUT2D eigenvalue weighted by molar-refractivity contribution is 6.30. The molecule has 6 rings (SSSR count). The van der Waals surface area contributed by atoms with Gasteiger partial charge in [-0.25, -0.2) is 9.97 Å². The van der Waals surface area contributed by atoms with Crippen LogP contribution in [0.5, 0.6) is 0 Å². The smallest absolute Gasteiger partial charge is 0.222 e. The number of piperidine rings is 1. The molecule has 2 aliphatic rings. The molecule has 9 heteroatoms. The van der Waals surface area contributed by atoms with Crippen molar-refractivity contribution >= 4 is 45.8 Å². The van der Waals surface area contributed by atoms with Crippen molar-refractivity contribution in [2.45, 2.75) is 25.4 Å². The van der Waals surface area contributed by atoms with Crippen molar-refractivity contribution < 1.29 is 4.79 Å². The normalized spacial score (nSPS) is 18.7. The van der Waals surface area contributed by atoms with Crippen LogP contribution in [0.1, 0.15) is 35.8 Å². The second-order valence-corrected chi connectivity index (χ2v) is 11.9. The molecule has 3 heterocycles. The molecular weight excluding hydrogens is 555 g/mol. The predicted molar refractivity (Wildman–Crippen MR) is 165 cm³/mol. The predicted octanol–water partition coefficient (Wildman–Crippen LogP) is 5.55. The third-order valence-corrected chi connectivity index (χ3v) is 8.77. The minimum absolute atomic E-state index is 0.118. The van der Waals surface area contributed by atoms with E-state index in [-0.39, 0.29) is 17.9 Å². The Morgan fingerprint density at radius 3 is 2.12 bits per heavy atom. The lowest BCUT2D eigenvalue weighted by molar-refractivity contribution is -0.122. The Labute approximate surface area is 250 Å². The average Bonchev–Trinajstić information content (AvgIpc) is 3.00. The minimum Gasteiger partial charge on any atom is -0.369 e. The van der Waals surface area contributed by atoms with E-state index in [2.05, 4.69) is 45.0 Å². The molecule has 1 aromatic heterocycles. The molecule has 2 N–H and O–H groups in total. The van der Waals surface area contributed by atoms with E-state index in [1.807, 2.05) is 42.5 Å². The van der Waals surface area contributed by atoms with Gasteiger partial charge in [-0.2, -0.15) is 0 Å². The number of halogens is 2. The van der Waals surface area contributed by atoms with Gasteiger partial charge in [0, 0.05) is 54.7 Å². The molecule has 7 nitrogen and oxygen atoms in total. The van der Waals surface area contributed by atoms with Crippen LogP contribution in [0.15, 0.2) is 72.8 Å². The number of benzene rings is 3. The fourth-order valence-corrected chi connectivity index (χ4v) is 6.36. The highest BCUT2D eigenvalue weighted by Gasteiger charge is 2.29. The molecule has 0 radical (unpaired) electrons. The standard InChI is InChI=1S/C32H34Cl2N6O/c33-25-11-7-22(8-12-25)30(23-9-13-26(34)14-10-23)39-18-16-38(17-19-39)21-29-36-28-6-2-1-5-27(28)32(37-29)40-15-3-4-24(20-40)31(35)41/h1-2,5-14,24,30H,3-4,15-21H2,(H2,35,41). The highest BCUT2D eigenvalue weighted by Crippen LogP contribution is 2.32. The van der Waals surface area contributed by atoms with E-state index >= 15 is 0 Å². The number of piperazine rings is 1. The number of nitrogens with zero attached hydrogens (tertiary/aromatic N) is 5. The maximum atomic E-state index is 12.0. The van der Waals surface area contributed by atoms with Crippen LogP contribution in [0.3, 0.4) is 0 Å². The number of carbonyl (C=O) groups is 1. The van der Waals surface area contributed by atoms with Crippen LogP contribution in [0.25, 0.3) is 10.9 Å². The van der Waals surface area contributed by atoms with Gasteiger partial charge in [-0.15, -0.1) is 0 Å². The third kappa shape index (κ3) is 6.33. The molecule has 1 unspecified atom stereocenters. The Bertz CT molecular complexity index is 1460. The van der Waals surface area contributed by atoms with Crippen molar-refractivity contribution in [1.29, 1.82) is 0 Å². The van der Waals surface area contributed by atoms with E-state index in [0.29, 0.717) is 13.1 Å². The van der Waals surface area contributed by atoms with Gasteiger partial charge in [-0.3, -0.25) is 14.6 Å². The summed E-state index contributed by atoms with van der Waals surface area (Å²) in [7, 11) is 0. The van der Waals surface area contributed by atoms with Crippen LogP contribution in [-0.4, -0.2) is 64.9 Å². The summed E-state index contributed by atoms with van der Waals surface area (Å²) in [4.78, 5) is 29.1. The van der Waals surface area contributed by atoms with Gasteiger partial charge in [-0.05, 0) is 60.4 Å². The zero-order chi connectivity index (χ0) is 28.3. The van der Waals surface area contributed by atoms with Gasteiger partial charge in [0.05, 0.1) is 24.0 Å². The molecule has 212 valence electrons. The number of rotatable bonds is 7. The largest absolute Gasteiger partial charge is 0.369 e. The summed E-state index contributed by atoms with van der Waals surface area (Å²) in [6.45, 7) is 5.75. The minimum atomic E-state index is -0.235. The fraction of sp³-hybridized carbons (Fsp3) is 0.344. The molecule has 1 atom stereocenters.